The predicted octanol–water partition coefficient (Wildman–Crippen LogP) is 88.3. The zero-order valence-corrected chi connectivity index (χ0v) is 168. The van der Waals surface area contributed by atoms with Crippen molar-refractivity contribution in [3.8, 4) is 0 Å². The van der Waals surface area contributed by atoms with Crippen LogP contribution in [0.1, 0.15) is 0 Å². The first kappa shape index (κ1) is 185. The molecule has 0 aliphatic heterocycles. The average Bonchev–Trinajstić information content (AvgIpc) is 1.11. The van der Waals surface area contributed by atoms with Crippen molar-refractivity contribution in [2.75, 3.05) is 0 Å². The third-order valence-corrected chi connectivity index (χ3v) is 302. The van der Waals surface area contributed by atoms with Crippen LogP contribution in [0.4, 0.5) is 0 Å². The topological polar surface area (TPSA) is 0 Å². The smallest absolute Gasteiger partial charge is 0 e. The lowest BCUT2D eigenvalue weighted by molar-refractivity contribution is 5.59. The first-order chi connectivity index (χ1) is 68.4. The molecule has 0 spiro atoms. The van der Waals surface area contributed by atoms with Gasteiger partial charge in [-0.25, -0.2) is 0 Å². The Morgan fingerprint density at radius 2 is 0.0584 bits per heavy atom. The fourth-order valence-corrected chi connectivity index (χ4v) is 367. The van der Waals surface area contributed by atoms with E-state index in [0.717, 1.165) is 0 Å². The molecule has 824 valence electrons. The van der Waals surface area contributed by atoms with Crippen LogP contribution in [0.3, 0.4) is 0 Å². The molecule has 0 saturated heterocycles. The maximum absolute atomic E-state index is 4.11. The highest BCUT2D eigenvalue weighted by molar-refractivity contribution is 9.72. The third kappa shape index (κ3) is 184. The van der Waals surface area contributed by atoms with Crippen LogP contribution in [0.25, 0.3) is 0 Å². The predicted molar refractivity (Wildman–Crippen MR) is 1040 cm³/mol. The number of rotatable bonds is 134. The van der Waals surface area contributed by atoms with E-state index in [2.05, 4.69) is 23.3 Å². The van der Waals surface area contributed by atoms with Gasteiger partial charge in [-0.1, -0.05) is 23.3 Å². The monoisotopic (exact) mass is 4380 g/mol. The van der Waals surface area contributed by atoms with Crippen LogP contribution in [0.15, 0.2) is 0 Å². The normalized spacial score (nSPS) is 11.9. The highest BCUT2D eigenvalue weighted by Gasteiger charge is 2.13. The van der Waals surface area contributed by atoms with E-state index < -0.39 is 0 Å². The molecule has 137 heteroatoms. The molecule has 137 heavy (non-hydrogen) atoms. The fourth-order valence-electron chi connectivity index (χ4n) is 1.51. The van der Waals surface area contributed by atoms with Crippen LogP contribution < -0.4 is 0 Å². The molecule has 0 rings (SSSR count). The highest BCUT2D eigenvalue weighted by Crippen LogP contribution is 2.78. The molecule has 0 unspecified atom stereocenters. The molecule has 0 bridgehead atoms. The summed E-state index contributed by atoms with van der Waals surface area (Å²) >= 11 is 8.22. The number of thiol groups is 2. The second kappa shape index (κ2) is 184. The third-order valence-electron chi connectivity index (χ3n) is 3.73. The van der Waals surface area contributed by atoms with Gasteiger partial charge < -0.3 is 0 Å². The summed E-state index contributed by atoms with van der Waals surface area (Å²) in [6, 6.07) is 0. The SMILES string of the molecule is SSSSSSSSSSSSSSSSSSSSSSSSSSSSSSSSSSSSSSSSSSSSSSSSSSSSSSSSSSSSSSSSSSSSSSSSSSSSSSSSSSSSSSSSSSSSSSSSSSSSSSSSSSSSSSSSSSSSSSSSSSSSSSSSSSSSSSSSS. The largest absolute Gasteiger partial charge is 0.0988 e. The molecular weight excluding hydrogens is 4390 g/mol. The van der Waals surface area contributed by atoms with Gasteiger partial charge >= 0.3 is 0 Å². The summed E-state index contributed by atoms with van der Waals surface area (Å²) in [5, 5.41) is 0. The Morgan fingerprint density at radius 3 is 0.0803 bits per heavy atom. The molecule has 0 aliphatic carbocycles. The Hall–Kier alpha value is 48.0. The van der Waals surface area contributed by atoms with Crippen molar-refractivity contribution in [3.63, 3.8) is 0 Å². The maximum atomic E-state index is 4.11. The molecule has 0 aliphatic rings. The standard InChI is InChI=1S/H2S137/c1-3-5-7-9-11-13-15-17-19-21-23-25-27-29-31-33-35-37-39-41-43-45-47-49-51-53-55-57-59-61-63-65-67-69-71-73-75-77-79-81-83-85-87-89-91-93-95-97-99-101-103-105-107-109-111-113-115-117-119-121-123-125-127-129-131-133-135-137-136-134-132-130-128-126-124-122-120-118-116-114-112-110-108-106-104-102-100-98-96-94-92-90-88-86-84-82-80-78-76-74-72-70-68-66-64-62-60-58-56-54-52-50-48-46-44-42-40-38-36-34-32-30-28-26-24-22-20-18-16-14-12-10-8-6-4-2/h1-2H. The Balaban J connectivity index is 3.10. The molecular formula is H2S137. The van der Waals surface area contributed by atoms with Crippen LogP contribution in [0, 0.1) is 0 Å². The van der Waals surface area contributed by atoms with E-state index in [0.29, 0.717) is 0 Å². The van der Waals surface area contributed by atoms with Crippen LogP contribution in [-0.4, -0.2) is 0 Å². The molecule has 0 aromatic rings. The lowest BCUT2D eigenvalue weighted by atomic mass is 30.1. The van der Waals surface area contributed by atoms with Gasteiger partial charge in [-0.15, -0.1) is 0 Å². The van der Waals surface area contributed by atoms with Crippen molar-refractivity contribution >= 4 is 1350 Å². The van der Waals surface area contributed by atoms with Gasteiger partial charge in [-0.2, -0.15) is 0 Å². The van der Waals surface area contributed by atoms with Gasteiger partial charge in [0, 0.05) is 1170 Å². The zero-order valence-electron chi connectivity index (χ0n) is 56.0. The van der Waals surface area contributed by atoms with Crippen LogP contribution >= 0.6 is 1350 Å². The van der Waals surface area contributed by atoms with Crippen molar-refractivity contribution in [1.29, 1.82) is 0 Å². The molecule has 0 fully saturated rings. The highest BCUT2D eigenvalue weighted by atomic mass is 34.2. The van der Waals surface area contributed by atoms with E-state index in [1.165, 1.54) is 19.7 Å². The Morgan fingerprint density at radius 1 is 0.0365 bits per heavy atom. The first-order valence-corrected chi connectivity index (χ1v) is 204. The van der Waals surface area contributed by atoms with Crippen LogP contribution in [-0.2, 0) is 0 Å². The summed E-state index contributed by atoms with van der Waals surface area (Å²) in [6.45, 7) is 0. The molecule has 0 N–H and O–H groups in total. The molecule has 0 saturated carbocycles. The van der Waals surface area contributed by atoms with Crippen molar-refractivity contribution in [2.24, 2.45) is 0 Å². The summed E-state index contributed by atoms with van der Waals surface area (Å²) < 4.78 is 0. The van der Waals surface area contributed by atoms with Crippen molar-refractivity contribution in [3.05, 3.63) is 0 Å². The lowest BCUT2D eigenvalue weighted by Crippen LogP contribution is -1.35. The van der Waals surface area contributed by atoms with Crippen molar-refractivity contribution in [2.45, 2.75) is 0 Å². The van der Waals surface area contributed by atoms with Crippen LogP contribution in [0.2, 0.25) is 0 Å². The average molecular weight is 4400 g/mol. The number of hydrogen-bond acceptors (Lipinski definition) is 137. The molecule has 0 atom stereocenters. The van der Waals surface area contributed by atoms with E-state index in [1.807, 2.05) is 1210 Å². The first-order valence-electron chi connectivity index (χ1n) is 22.7. The summed E-state index contributed by atoms with van der Waals surface area (Å²) in [5.74, 6) is 0. The van der Waals surface area contributed by atoms with Crippen molar-refractivity contribution in [1.82, 2.24) is 0 Å². The van der Waals surface area contributed by atoms with Crippen molar-refractivity contribution < 1.29 is 0 Å². The zero-order chi connectivity index (χ0) is 97.5. The molecule has 0 radical (unpaired) electrons. The summed E-state index contributed by atoms with van der Waals surface area (Å²) in [4.78, 5) is 0. The summed E-state index contributed by atoms with van der Waals surface area (Å²) in [7, 11) is 246. The minimum atomic E-state index is 1.49. The molecule has 0 aromatic carbocycles. The maximum Gasteiger partial charge on any atom is 0 e. The fraction of sp³-hybridized carbons (Fsp3) is 0. The Kier molecular flexibility index (Phi) is 248. The van der Waals surface area contributed by atoms with Gasteiger partial charge in [-0.05, 0) is 157 Å². The molecule has 0 heterocycles. The second-order valence-corrected chi connectivity index (χ2v) is 248. The van der Waals surface area contributed by atoms with E-state index in [9.17, 15) is 0 Å². The van der Waals surface area contributed by atoms with Gasteiger partial charge in [0.15, 0.2) is 0 Å². The lowest BCUT2D eigenvalue weighted by Gasteiger charge is -2.00. The molecule has 0 aromatic heterocycles. The van der Waals surface area contributed by atoms with Gasteiger partial charge in [0.1, 0.15) is 0 Å². The van der Waals surface area contributed by atoms with E-state index in [-0.39, 0.29) is 0 Å². The van der Waals surface area contributed by atoms with Crippen LogP contribution in [0.5, 0.6) is 0 Å². The minimum Gasteiger partial charge on any atom is -0.0988 e. The van der Waals surface area contributed by atoms with E-state index in [1.54, 1.807) is 98.3 Å². The second-order valence-electron chi connectivity index (χ2n) is 9.20. The van der Waals surface area contributed by atoms with Gasteiger partial charge in [0.05, 0.1) is 0 Å². The van der Waals surface area contributed by atoms with Gasteiger partial charge in [0.25, 0.3) is 0 Å². The van der Waals surface area contributed by atoms with E-state index >= 15 is 0 Å². The quantitative estimate of drug-likeness (QED) is 0.0337. The van der Waals surface area contributed by atoms with Gasteiger partial charge in [-0.3, -0.25) is 0 Å². The Bertz CT molecular complexity index is 1620. The molecule has 0 amide bonds. The number of hydrogen-bond donors (Lipinski definition) is 2. The summed E-state index contributed by atoms with van der Waals surface area (Å²) in [5.41, 5.74) is 0. The van der Waals surface area contributed by atoms with Gasteiger partial charge in [0.2, 0.25) is 0 Å². The Labute approximate surface area is 1310 Å². The molecule has 0 nitrogen and oxygen atoms in total. The van der Waals surface area contributed by atoms with E-state index in [4.69, 9.17) is 0 Å². The minimum absolute atomic E-state index is 1.49. The summed E-state index contributed by atoms with van der Waals surface area (Å²) in [6.07, 6.45) is 0.